The largest absolute Gasteiger partial charge is 0.472 e. The van der Waals surface area contributed by atoms with E-state index in [-0.39, 0.29) is 25.7 Å². The van der Waals surface area contributed by atoms with Crippen LogP contribution in [0.5, 0.6) is 0 Å². The van der Waals surface area contributed by atoms with Crippen molar-refractivity contribution in [2.24, 2.45) is 5.92 Å². The molecule has 0 rings (SSSR count). The molecule has 19 heteroatoms. The molecule has 0 bridgehead atoms. The van der Waals surface area contributed by atoms with E-state index < -0.39 is 97.5 Å². The monoisotopic (exact) mass is 1610 g/mol. The Kier molecular flexibility index (Phi) is 82.1. The van der Waals surface area contributed by atoms with Crippen LogP contribution in [0.1, 0.15) is 497 Å². The third-order valence-corrected chi connectivity index (χ3v) is 23.4. The fourth-order valence-corrected chi connectivity index (χ4v) is 15.9. The SMILES string of the molecule is CCCCCCCCCCCCCCCCCCCCCCCCC(=O)O[C@H](COC(=O)CCCCCCCCCCCCCCCCCCCCCCC)COP(=O)(O)OC[C@@H](O)COP(=O)(O)OC[C@@H](COC(=O)CCCCCCCCCCCCC)OC(=O)CCCCCCCCCCCCCCCC(C)C. The molecule has 0 aliphatic carbocycles. The van der Waals surface area contributed by atoms with Crippen LogP contribution in [0, 0.1) is 5.92 Å². The smallest absolute Gasteiger partial charge is 0.462 e. The lowest BCUT2D eigenvalue weighted by Crippen LogP contribution is -2.30. The Bertz CT molecular complexity index is 2080. The van der Waals surface area contributed by atoms with Crippen molar-refractivity contribution in [3.8, 4) is 0 Å². The molecule has 0 heterocycles. The Labute approximate surface area is 677 Å². The van der Waals surface area contributed by atoms with E-state index in [4.69, 9.17) is 37.0 Å². The zero-order valence-electron chi connectivity index (χ0n) is 72.4. The van der Waals surface area contributed by atoms with Gasteiger partial charge in [0, 0.05) is 25.7 Å². The Balaban J connectivity index is 5.22. The molecule has 0 fully saturated rings. The highest BCUT2D eigenvalue weighted by molar-refractivity contribution is 7.47. The van der Waals surface area contributed by atoms with Gasteiger partial charge in [0.15, 0.2) is 12.2 Å². The van der Waals surface area contributed by atoms with Gasteiger partial charge in [-0.15, -0.1) is 0 Å². The molecule has 3 N–H and O–H groups in total. The Morgan fingerprint density at radius 2 is 0.418 bits per heavy atom. The van der Waals surface area contributed by atoms with Crippen LogP contribution < -0.4 is 0 Å². The molecular formula is C91H178O17P2. The molecular weight excluding hydrogens is 1430 g/mol. The lowest BCUT2D eigenvalue weighted by molar-refractivity contribution is -0.161. The van der Waals surface area contributed by atoms with Crippen LogP contribution in [0.3, 0.4) is 0 Å². The highest BCUT2D eigenvalue weighted by Crippen LogP contribution is 2.45. The van der Waals surface area contributed by atoms with Crippen molar-refractivity contribution < 1.29 is 80.2 Å². The second kappa shape index (κ2) is 83.5. The maximum absolute atomic E-state index is 13.2. The molecule has 17 nitrogen and oxygen atoms in total. The van der Waals surface area contributed by atoms with E-state index in [0.29, 0.717) is 25.7 Å². The van der Waals surface area contributed by atoms with E-state index in [1.54, 1.807) is 0 Å². The van der Waals surface area contributed by atoms with Crippen LogP contribution >= 0.6 is 15.6 Å². The third-order valence-electron chi connectivity index (χ3n) is 21.5. The van der Waals surface area contributed by atoms with Crippen LogP contribution in [-0.4, -0.2) is 96.7 Å². The van der Waals surface area contributed by atoms with E-state index in [1.165, 1.54) is 321 Å². The number of ether oxygens (including phenoxy) is 4. The van der Waals surface area contributed by atoms with Crippen molar-refractivity contribution in [3.05, 3.63) is 0 Å². The van der Waals surface area contributed by atoms with Crippen LogP contribution in [0.25, 0.3) is 0 Å². The number of aliphatic hydroxyl groups is 1. The maximum atomic E-state index is 13.2. The number of rotatable bonds is 91. The van der Waals surface area contributed by atoms with Crippen molar-refractivity contribution in [1.29, 1.82) is 0 Å². The van der Waals surface area contributed by atoms with Gasteiger partial charge in [-0.05, 0) is 31.6 Å². The predicted octanol–water partition coefficient (Wildman–Crippen LogP) is 28.3. The number of aliphatic hydroxyl groups excluding tert-OH is 1. The molecule has 0 aromatic rings. The van der Waals surface area contributed by atoms with Gasteiger partial charge in [0.05, 0.1) is 26.4 Å². The number of carbonyl (C=O) groups is 4. The number of esters is 4. The summed E-state index contributed by atoms with van der Waals surface area (Å²) < 4.78 is 69.0. The normalized spacial score (nSPS) is 13.7. The summed E-state index contributed by atoms with van der Waals surface area (Å²) in [5, 5.41) is 10.7. The molecule has 0 aliphatic heterocycles. The summed E-state index contributed by atoms with van der Waals surface area (Å²) in [7, 11) is -9.93. The highest BCUT2D eigenvalue weighted by atomic mass is 31.2. The standard InChI is InChI=1S/C91H178O17P2/c1-6-9-12-15-18-21-24-26-28-30-32-34-36-38-40-42-46-51-56-61-66-71-76-90(95)108-87(81-102-89(94)75-70-65-60-55-50-45-41-39-37-35-33-31-29-27-25-22-19-16-13-10-7-2)83-106-110(99,100)104-79-85(92)78-103-109(97,98)105-82-86(80-101-88(93)74-69-64-59-54-48-23-20-17-14-11-8-3)107-91(96)77-72-67-62-57-52-47-43-44-49-53-58-63-68-73-84(4)5/h84-87,92H,6-83H2,1-5H3,(H,97,98)(H,99,100)/t85-,86+,87+/m0/s1. The molecule has 654 valence electrons. The molecule has 0 aromatic heterocycles. The third kappa shape index (κ3) is 84.0. The number of hydrogen-bond donors (Lipinski definition) is 3. The molecule has 5 atom stereocenters. The average Bonchev–Trinajstić information content (AvgIpc) is 0.900. The minimum absolute atomic E-state index is 0.108. The summed E-state index contributed by atoms with van der Waals surface area (Å²) in [4.78, 5) is 73.4. The van der Waals surface area contributed by atoms with E-state index in [2.05, 4.69) is 34.6 Å². The van der Waals surface area contributed by atoms with Crippen LogP contribution in [0.2, 0.25) is 0 Å². The average molecular weight is 1610 g/mol. The number of phosphoric acid groups is 2. The molecule has 0 aromatic carbocycles. The van der Waals surface area contributed by atoms with Gasteiger partial charge in [-0.1, -0.05) is 446 Å². The van der Waals surface area contributed by atoms with Crippen LogP contribution in [0.4, 0.5) is 0 Å². The van der Waals surface area contributed by atoms with Gasteiger partial charge in [0.25, 0.3) is 0 Å². The molecule has 0 spiro atoms. The van der Waals surface area contributed by atoms with E-state index in [9.17, 15) is 43.2 Å². The summed E-state index contributed by atoms with van der Waals surface area (Å²) >= 11 is 0. The van der Waals surface area contributed by atoms with Crippen molar-refractivity contribution in [1.82, 2.24) is 0 Å². The van der Waals surface area contributed by atoms with Crippen molar-refractivity contribution in [2.75, 3.05) is 39.6 Å². The number of phosphoric ester groups is 2. The van der Waals surface area contributed by atoms with Gasteiger partial charge in [-0.25, -0.2) is 9.13 Å². The molecule has 110 heavy (non-hydrogen) atoms. The fourth-order valence-electron chi connectivity index (χ4n) is 14.4. The van der Waals surface area contributed by atoms with E-state index >= 15 is 0 Å². The summed E-state index contributed by atoms with van der Waals surface area (Å²) in [6.07, 6.45) is 79.3. The molecule has 0 aliphatic rings. The first-order valence-electron chi connectivity index (χ1n) is 47.1. The number of hydrogen-bond acceptors (Lipinski definition) is 15. The van der Waals surface area contributed by atoms with Gasteiger partial charge in [-0.3, -0.25) is 37.3 Å². The van der Waals surface area contributed by atoms with Gasteiger partial charge in [0.2, 0.25) is 0 Å². The number of unbranched alkanes of at least 4 members (excludes halogenated alkanes) is 63. The lowest BCUT2D eigenvalue weighted by Gasteiger charge is -2.21. The van der Waals surface area contributed by atoms with Gasteiger partial charge < -0.3 is 33.8 Å². The quantitative estimate of drug-likeness (QED) is 0.0222. The van der Waals surface area contributed by atoms with E-state index in [1.807, 2.05) is 0 Å². The zero-order chi connectivity index (χ0) is 80.4. The Hall–Kier alpha value is -1.94. The van der Waals surface area contributed by atoms with Crippen molar-refractivity contribution in [3.63, 3.8) is 0 Å². The van der Waals surface area contributed by atoms with Crippen LogP contribution in [-0.2, 0) is 65.4 Å². The number of carbonyl (C=O) groups excluding carboxylic acids is 4. The Morgan fingerprint density at radius 1 is 0.245 bits per heavy atom. The minimum Gasteiger partial charge on any atom is -0.462 e. The summed E-state index contributed by atoms with van der Waals surface area (Å²) in [5.41, 5.74) is 0. The zero-order valence-corrected chi connectivity index (χ0v) is 74.2. The molecule has 0 saturated carbocycles. The Morgan fingerprint density at radius 3 is 0.618 bits per heavy atom. The van der Waals surface area contributed by atoms with Crippen molar-refractivity contribution >= 4 is 39.5 Å². The molecule has 0 radical (unpaired) electrons. The summed E-state index contributed by atoms with van der Waals surface area (Å²) in [6, 6.07) is 0. The molecule has 0 saturated heterocycles. The first-order chi connectivity index (χ1) is 53.5. The predicted molar refractivity (Wildman–Crippen MR) is 455 cm³/mol. The van der Waals surface area contributed by atoms with Gasteiger partial charge >= 0.3 is 39.5 Å². The summed E-state index contributed by atoms with van der Waals surface area (Å²) in [5.74, 6) is -1.31. The second-order valence-electron chi connectivity index (χ2n) is 33.2. The van der Waals surface area contributed by atoms with Crippen LogP contribution in [0.15, 0.2) is 0 Å². The first kappa shape index (κ1) is 108. The highest BCUT2D eigenvalue weighted by Gasteiger charge is 2.31. The van der Waals surface area contributed by atoms with Gasteiger partial charge in [0.1, 0.15) is 19.3 Å². The second-order valence-corrected chi connectivity index (χ2v) is 36.1. The van der Waals surface area contributed by atoms with Gasteiger partial charge in [-0.2, -0.15) is 0 Å². The minimum atomic E-state index is -4.97. The molecule has 2 unspecified atom stereocenters. The lowest BCUT2D eigenvalue weighted by atomic mass is 10.0. The fraction of sp³-hybridized carbons (Fsp3) is 0.956. The summed E-state index contributed by atoms with van der Waals surface area (Å²) in [6.45, 7) is 7.40. The molecule has 0 amide bonds. The topological polar surface area (TPSA) is 237 Å². The van der Waals surface area contributed by atoms with Crippen molar-refractivity contribution in [2.45, 2.75) is 515 Å². The maximum Gasteiger partial charge on any atom is 0.472 e. The first-order valence-corrected chi connectivity index (χ1v) is 50.1. The van der Waals surface area contributed by atoms with E-state index in [0.717, 1.165) is 95.8 Å².